The van der Waals surface area contributed by atoms with E-state index in [1.54, 1.807) is 0 Å². The fourth-order valence-corrected chi connectivity index (χ4v) is 8.04. The quantitative estimate of drug-likeness (QED) is 0.0259. The summed E-state index contributed by atoms with van der Waals surface area (Å²) >= 11 is 0. The molecule has 0 rings (SSSR count). The average Bonchev–Trinajstić information content (AvgIpc) is 3.26. The number of quaternary nitrogens is 1. The van der Waals surface area contributed by atoms with Gasteiger partial charge in [-0.1, -0.05) is 198 Å². The van der Waals surface area contributed by atoms with Crippen molar-refractivity contribution in [2.45, 2.75) is 264 Å². The summed E-state index contributed by atoms with van der Waals surface area (Å²) in [7, 11) is 5.42. The van der Waals surface area contributed by atoms with Crippen molar-refractivity contribution in [1.82, 2.24) is 0 Å². The van der Waals surface area contributed by atoms with Gasteiger partial charge < -0.3 is 28.6 Å². The molecule has 0 aromatic heterocycles. The zero-order valence-corrected chi connectivity index (χ0v) is 42.7. The van der Waals surface area contributed by atoms with Crippen molar-refractivity contribution in [3.63, 3.8) is 0 Å². The number of hydrogen-bond donors (Lipinski definition) is 0. The predicted octanol–water partition coefficient (Wildman–Crippen LogP) is 14.4. The van der Waals surface area contributed by atoms with Crippen molar-refractivity contribution in [2.75, 3.05) is 41.0 Å². The van der Waals surface area contributed by atoms with Gasteiger partial charge in [-0.25, -0.2) is 0 Å². The molecule has 0 aromatic carbocycles. The van der Waals surface area contributed by atoms with E-state index in [1.165, 1.54) is 173 Å². The standard InChI is InChI=1S/C56H103NO7/c1-6-8-10-12-14-16-18-20-22-24-26-27-29-31-33-35-37-39-41-43-45-47-55(59)64-52(50-62-49-48-53(56(60)61)57(3,4)5)51-63-54(58)46-44-42-40-38-36-34-32-30-28-25-23-21-19-17-15-13-11-9-7-2/h18,20-21,23-24,26,52-53H,6-17,19,22,25,27-51H2,1-5H3/b20-18-,23-21-,26-24-. The van der Waals surface area contributed by atoms with Gasteiger partial charge in [-0.2, -0.15) is 0 Å². The molecule has 0 fully saturated rings. The summed E-state index contributed by atoms with van der Waals surface area (Å²) in [5.41, 5.74) is 0. The number of carboxylic acid groups (broad SMARTS) is 1. The number of carbonyl (C=O) groups is 3. The van der Waals surface area contributed by atoms with E-state index in [0.29, 0.717) is 12.8 Å². The number of rotatable bonds is 49. The first-order chi connectivity index (χ1) is 31.1. The number of ether oxygens (including phenoxy) is 3. The minimum atomic E-state index is -1.12. The Bertz CT molecular complexity index is 1140. The SMILES string of the molecule is CCCCCCC/C=C\C/C=C\CCCCCCCCCCCC(=O)OC(COCCC(C(=O)[O-])[N+](C)(C)C)COC(=O)CCCCCCCCCCC/C=C\CCCCCCCC. The second-order valence-corrected chi connectivity index (χ2v) is 19.5. The van der Waals surface area contributed by atoms with E-state index in [9.17, 15) is 19.5 Å². The predicted molar refractivity (Wildman–Crippen MR) is 268 cm³/mol. The maximum Gasteiger partial charge on any atom is 0.306 e. The van der Waals surface area contributed by atoms with Gasteiger partial charge in [-0.05, 0) is 70.6 Å². The van der Waals surface area contributed by atoms with Crippen LogP contribution in [0.2, 0.25) is 0 Å². The van der Waals surface area contributed by atoms with Crippen LogP contribution >= 0.6 is 0 Å². The van der Waals surface area contributed by atoms with E-state index >= 15 is 0 Å². The molecule has 374 valence electrons. The minimum Gasteiger partial charge on any atom is -0.544 e. The van der Waals surface area contributed by atoms with Crippen molar-refractivity contribution < 1.29 is 38.2 Å². The van der Waals surface area contributed by atoms with Crippen molar-refractivity contribution in [3.8, 4) is 0 Å². The maximum atomic E-state index is 12.8. The number of carboxylic acids is 1. The topological polar surface area (TPSA) is 102 Å². The summed E-state index contributed by atoms with van der Waals surface area (Å²) in [6, 6.07) is -0.727. The fourth-order valence-electron chi connectivity index (χ4n) is 8.04. The first-order valence-electron chi connectivity index (χ1n) is 27.0. The minimum absolute atomic E-state index is 0.0405. The molecule has 0 aromatic rings. The number of carbonyl (C=O) groups excluding carboxylic acids is 3. The Morgan fingerprint density at radius 3 is 1.22 bits per heavy atom. The lowest BCUT2D eigenvalue weighted by molar-refractivity contribution is -0.889. The van der Waals surface area contributed by atoms with Crippen LogP contribution in [0.1, 0.15) is 251 Å². The number of hydrogen-bond acceptors (Lipinski definition) is 7. The Hall–Kier alpha value is -2.45. The number of aliphatic carboxylic acids is 1. The van der Waals surface area contributed by atoms with Gasteiger partial charge in [0, 0.05) is 19.3 Å². The molecular formula is C56H103NO7. The average molecular weight is 902 g/mol. The van der Waals surface area contributed by atoms with Crippen LogP contribution in [0.25, 0.3) is 0 Å². The zero-order chi connectivity index (χ0) is 47.0. The monoisotopic (exact) mass is 902 g/mol. The Kier molecular flexibility index (Phi) is 45.3. The lowest BCUT2D eigenvalue weighted by Crippen LogP contribution is -2.55. The Morgan fingerprint density at radius 1 is 0.469 bits per heavy atom. The second-order valence-electron chi connectivity index (χ2n) is 19.5. The van der Waals surface area contributed by atoms with E-state index < -0.39 is 18.1 Å². The van der Waals surface area contributed by atoms with Gasteiger partial charge in [-0.15, -0.1) is 0 Å². The molecule has 64 heavy (non-hydrogen) atoms. The van der Waals surface area contributed by atoms with Crippen LogP contribution in [0.5, 0.6) is 0 Å². The molecule has 0 N–H and O–H groups in total. The molecule has 0 amide bonds. The highest BCUT2D eigenvalue weighted by Gasteiger charge is 2.25. The summed E-state index contributed by atoms with van der Waals surface area (Å²) in [6.07, 6.45) is 56.0. The summed E-state index contributed by atoms with van der Waals surface area (Å²) in [5, 5.41) is 11.7. The molecule has 2 atom stereocenters. The molecule has 0 saturated carbocycles. The van der Waals surface area contributed by atoms with E-state index in [-0.39, 0.29) is 42.7 Å². The largest absolute Gasteiger partial charge is 0.544 e. The summed E-state index contributed by atoms with van der Waals surface area (Å²) in [5.74, 6) is -1.73. The molecule has 8 heteroatoms. The summed E-state index contributed by atoms with van der Waals surface area (Å²) in [6.45, 7) is 4.68. The van der Waals surface area contributed by atoms with E-state index in [2.05, 4.69) is 50.3 Å². The van der Waals surface area contributed by atoms with E-state index in [4.69, 9.17) is 14.2 Å². The molecule has 0 radical (unpaired) electrons. The van der Waals surface area contributed by atoms with Crippen LogP contribution in [0.3, 0.4) is 0 Å². The van der Waals surface area contributed by atoms with Crippen molar-refractivity contribution in [1.29, 1.82) is 0 Å². The summed E-state index contributed by atoms with van der Waals surface area (Å²) < 4.78 is 17.3. The highest BCUT2D eigenvalue weighted by atomic mass is 16.6. The first-order valence-corrected chi connectivity index (χ1v) is 27.0. The Balaban J connectivity index is 4.21. The van der Waals surface area contributed by atoms with Gasteiger partial charge in [0.1, 0.15) is 12.6 Å². The fraction of sp³-hybridized carbons (Fsp3) is 0.839. The lowest BCUT2D eigenvalue weighted by Gasteiger charge is -2.34. The molecule has 0 spiro atoms. The van der Waals surface area contributed by atoms with Gasteiger partial charge in [-0.3, -0.25) is 9.59 Å². The van der Waals surface area contributed by atoms with Crippen LogP contribution in [0.15, 0.2) is 36.5 Å². The second kappa shape index (κ2) is 47.1. The maximum absolute atomic E-state index is 12.8. The van der Waals surface area contributed by atoms with Crippen molar-refractivity contribution in [3.05, 3.63) is 36.5 Å². The number of allylic oxidation sites excluding steroid dienone is 6. The van der Waals surface area contributed by atoms with Gasteiger partial charge in [0.05, 0.1) is 40.3 Å². The highest BCUT2D eigenvalue weighted by Crippen LogP contribution is 2.16. The van der Waals surface area contributed by atoms with Crippen molar-refractivity contribution >= 4 is 17.9 Å². The zero-order valence-electron chi connectivity index (χ0n) is 42.7. The van der Waals surface area contributed by atoms with Crippen LogP contribution in [0, 0.1) is 0 Å². The number of esters is 2. The van der Waals surface area contributed by atoms with Crippen LogP contribution in [-0.4, -0.2) is 75.5 Å². The first kappa shape index (κ1) is 61.5. The normalized spacial score (nSPS) is 13.1. The molecule has 0 aliphatic carbocycles. The highest BCUT2D eigenvalue weighted by molar-refractivity contribution is 5.70. The van der Waals surface area contributed by atoms with E-state index in [1.807, 2.05) is 21.1 Å². The molecular weight excluding hydrogens is 799 g/mol. The van der Waals surface area contributed by atoms with E-state index in [0.717, 1.165) is 44.9 Å². The van der Waals surface area contributed by atoms with Crippen LogP contribution in [0.4, 0.5) is 0 Å². The third-order valence-corrected chi connectivity index (χ3v) is 12.2. The third kappa shape index (κ3) is 44.7. The third-order valence-electron chi connectivity index (χ3n) is 12.2. The number of likely N-dealkylation sites (N-methyl/N-ethyl adjacent to an activating group) is 1. The van der Waals surface area contributed by atoms with Crippen LogP contribution in [-0.2, 0) is 28.6 Å². The molecule has 0 bridgehead atoms. The lowest BCUT2D eigenvalue weighted by atomic mass is 10.1. The number of nitrogens with zero attached hydrogens (tertiary/aromatic N) is 1. The van der Waals surface area contributed by atoms with Gasteiger partial charge in [0.25, 0.3) is 0 Å². The number of unbranched alkanes of at least 4 members (excludes halogenated alkanes) is 29. The van der Waals surface area contributed by atoms with Crippen molar-refractivity contribution in [2.24, 2.45) is 0 Å². The van der Waals surface area contributed by atoms with Gasteiger partial charge in [0.15, 0.2) is 6.10 Å². The van der Waals surface area contributed by atoms with Gasteiger partial charge >= 0.3 is 11.9 Å². The molecule has 0 saturated heterocycles. The molecule has 0 aliphatic rings. The molecule has 0 heterocycles. The smallest absolute Gasteiger partial charge is 0.306 e. The Morgan fingerprint density at radius 2 is 0.828 bits per heavy atom. The Labute approximate surface area is 395 Å². The van der Waals surface area contributed by atoms with Gasteiger partial charge in [0.2, 0.25) is 0 Å². The molecule has 2 unspecified atom stereocenters. The molecule has 0 aliphatic heterocycles. The molecule has 8 nitrogen and oxygen atoms in total. The summed E-state index contributed by atoms with van der Waals surface area (Å²) in [4.78, 5) is 37.1. The van der Waals surface area contributed by atoms with Crippen LogP contribution < -0.4 is 5.11 Å².